The molecule has 2 fully saturated rings. The van der Waals surface area contributed by atoms with E-state index in [0.717, 1.165) is 49.7 Å². The SMILES string of the molecule is CCCC1CCC(/C=C/C2CCC(c3cc(F)c(C#CC(F)(F)F)c(F)c3)CC2)CC1. The summed E-state index contributed by atoms with van der Waals surface area (Å²) in [6, 6.07) is 2.30. The van der Waals surface area contributed by atoms with Crippen LogP contribution in [0.5, 0.6) is 0 Å². The van der Waals surface area contributed by atoms with Crippen LogP contribution in [0.4, 0.5) is 22.0 Å². The summed E-state index contributed by atoms with van der Waals surface area (Å²) < 4.78 is 65.1. The Bertz CT molecular complexity index is 787. The van der Waals surface area contributed by atoms with Crippen molar-refractivity contribution in [2.75, 3.05) is 0 Å². The molecule has 3 rings (SSSR count). The molecule has 0 heterocycles. The van der Waals surface area contributed by atoms with Crippen molar-refractivity contribution in [3.63, 3.8) is 0 Å². The van der Waals surface area contributed by atoms with Crippen LogP contribution in [-0.2, 0) is 0 Å². The zero-order valence-corrected chi connectivity index (χ0v) is 18.1. The number of hydrogen-bond donors (Lipinski definition) is 0. The van der Waals surface area contributed by atoms with Crippen LogP contribution in [0.2, 0.25) is 0 Å². The molecule has 0 radical (unpaired) electrons. The maximum atomic E-state index is 14.2. The Kier molecular flexibility index (Phi) is 8.19. The van der Waals surface area contributed by atoms with Gasteiger partial charge in [0.05, 0.1) is 5.56 Å². The molecule has 0 amide bonds. The first-order chi connectivity index (χ1) is 14.7. The third kappa shape index (κ3) is 7.09. The fourth-order valence-electron chi connectivity index (χ4n) is 5.12. The Morgan fingerprint density at radius 3 is 1.87 bits per heavy atom. The van der Waals surface area contributed by atoms with Crippen molar-refractivity contribution in [2.24, 2.45) is 17.8 Å². The summed E-state index contributed by atoms with van der Waals surface area (Å²) in [4.78, 5) is 0. The summed E-state index contributed by atoms with van der Waals surface area (Å²) in [7, 11) is 0. The molecule has 0 spiro atoms. The average molecular weight is 439 g/mol. The van der Waals surface area contributed by atoms with Crippen molar-refractivity contribution < 1.29 is 22.0 Å². The van der Waals surface area contributed by atoms with Gasteiger partial charge in [-0.05, 0) is 92.7 Å². The zero-order valence-electron chi connectivity index (χ0n) is 18.1. The predicted molar refractivity (Wildman–Crippen MR) is 113 cm³/mol. The molecule has 0 saturated heterocycles. The van der Waals surface area contributed by atoms with E-state index in [2.05, 4.69) is 19.1 Å². The van der Waals surface area contributed by atoms with Crippen molar-refractivity contribution in [1.29, 1.82) is 0 Å². The molecule has 0 aliphatic heterocycles. The van der Waals surface area contributed by atoms with E-state index in [1.807, 2.05) is 0 Å². The Hall–Kier alpha value is -1.83. The number of allylic oxidation sites excluding steroid dienone is 2. The van der Waals surface area contributed by atoms with Gasteiger partial charge >= 0.3 is 6.18 Å². The quantitative estimate of drug-likeness (QED) is 0.246. The highest BCUT2D eigenvalue weighted by atomic mass is 19.4. The third-order valence-electron chi connectivity index (χ3n) is 6.88. The van der Waals surface area contributed by atoms with Crippen molar-refractivity contribution in [3.8, 4) is 11.8 Å². The van der Waals surface area contributed by atoms with E-state index in [1.165, 1.54) is 38.5 Å². The summed E-state index contributed by atoms with van der Waals surface area (Å²) in [5.74, 6) is 2.58. The van der Waals surface area contributed by atoms with Gasteiger partial charge in [-0.1, -0.05) is 37.8 Å². The van der Waals surface area contributed by atoms with Crippen molar-refractivity contribution >= 4 is 0 Å². The Labute approximate surface area is 182 Å². The lowest BCUT2D eigenvalue weighted by molar-refractivity contribution is -0.0696. The first-order valence-electron chi connectivity index (χ1n) is 11.5. The molecule has 2 saturated carbocycles. The van der Waals surface area contributed by atoms with Crippen LogP contribution in [0.15, 0.2) is 24.3 Å². The van der Waals surface area contributed by atoms with Crippen LogP contribution in [0.25, 0.3) is 0 Å². The molecule has 2 aliphatic carbocycles. The molecule has 1 aromatic rings. The molecule has 2 aliphatic rings. The van der Waals surface area contributed by atoms with Gasteiger partial charge in [-0.3, -0.25) is 0 Å². The van der Waals surface area contributed by atoms with E-state index < -0.39 is 23.4 Å². The molecular formula is C26H31F5. The third-order valence-corrected chi connectivity index (χ3v) is 6.88. The topological polar surface area (TPSA) is 0 Å². The number of rotatable bonds is 5. The highest BCUT2D eigenvalue weighted by Gasteiger charge is 2.26. The van der Waals surface area contributed by atoms with Crippen molar-refractivity contribution in [1.82, 2.24) is 0 Å². The molecule has 31 heavy (non-hydrogen) atoms. The van der Waals surface area contributed by atoms with Gasteiger partial charge in [-0.15, -0.1) is 0 Å². The number of alkyl halides is 3. The summed E-state index contributed by atoms with van der Waals surface area (Å²) >= 11 is 0. The van der Waals surface area contributed by atoms with Gasteiger partial charge in [0.1, 0.15) is 11.6 Å². The maximum absolute atomic E-state index is 14.2. The van der Waals surface area contributed by atoms with Gasteiger partial charge in [0.25, 0.3) is 0 Å². The molecule has 5 heteroatoms. The van der Waals surface area contributed by atoms with E-state index in [0.29, 0.717) is 17.4 Å². The van der Waals surface area contributed by atoms with Crippen molar-refractivity contribution in [3.05, 3.63) is 47.0 Å². The van der Waals surface area contributed by atoms with Crippen LogP contribution in [0, 0.1) is 41.2 Å². The van der Waals surface area contributed by atoms with Gasteiger partial charge in [-0.25, -0.2) is 8.78 Å². The van der Waals surface area contributed by atoms with Crippen LogP contribution < -0.4 is 0 Å². The largest absolute Gasteiger partial charge is 0.458 e. The van der Waals surface area contributed by atoms with Crippen LogP contribution in [0.3, 0.4) is 0 Å². The molecule has 1 aromatic carbocycles. The van der Waals surface area contributed by atoms with Gasteiger partial charge in [-0.2, -0.15) is 13.2 Å². The lowest BCUT2D eigenvalue weighted by atomic mass is 9.76. The fraction of sp³-hybridized carbons (Fsp3) is 0.615. The summed E-state index contributed by atoms with van der Waals surface area (Å²) in [6.45, 7) is 2.25. The van der Waals surface area contributed by atoms with Crippen molar-refractivity contribution in [2.45, 2.75) is 83.2 Å². The molecule has 0 bridgehead atoms. The number of halogens is 5. The average Bonchev–Trinajstić information content (AvgIpc) is 2.72. The standard InChI is InChI=1S/C26H31F5/c1-2-3-18-4-6-19(7-5-18)8-9-20-10-12-21(13-11-20)22-16-24(27)23(25(28)17-22)14-15-26(29,30)31/h8-9,16-21H,2-7,10-13H2,1H3/b9-8+. The van der Waals surface area contributed by atoms with Gasteiger partial charge in [0, 0.05) is 5.92 Å². The highest BCUT2D eigenvalue weighted by Crippen LogP contribution is 2.38. The highest BCUT2D eigenvalue weighted by molar-refractivity contribution is 5.40. The van der Waals surface area contributed by atoms with Gasteiger partial charge in [0.15, 0.2) is 0 Å². The minimum Gasteiger partial charge on any atom is -0.206 e. The molecule has 170 valence electrons. The van der Waals surface area contributed by atoms with E-state index >= 15 is 0 Å². The molecular weight excluding hydrogens is 407 g/mol. The first kappa shape index (κ1) is 23.8. The number of benzene rings is 1. The molecule has 0 nitrogen and oxygen atoms in total. The van der Waals surface area contributed by atoms with Gasteiger partial charge in [0.2, 0.25) is 0 Å². The van der Waals surface area contributed by atoms with Crippen LogP contribution in [0.1, 0.15) is 88.2 Å². The normalized spacial score (nSPS) is 27.2. The Morgan fingerprint density at radius 2 is 1.39 bits per heavy atom. The zero-order chi connectivity index (χ0) is 22.4. The second-order valence-corrected chi connectivity index (χ2v) is 9.17. The fourth-order valence-corrected chi connectivity index (χ4v) is 5.12. The second-order valence-electron chi connectivity index (χ2n) is 9.17. The summed E-state index contributed by atoms with van der Waals surface area (Å²) in [6.07, 6.45) is 11.4. The van der Waals surface area contributed by atoms with E-state index in [9.17, 15) is 22.0 Å². The predicted octanol–water partition coefficient (Wildman–Crippen LogP) is 8.32. The van der Waals surface area contributed by atoms with E-state index in [-0.39, 0.29) is 5.92 Å². The summed E-state index contributed by atoms with van der Waals surface area (Å²) in [5, 5.41) is 0. The molecule has 0 N–H and O–H groups in total. The lowest BCUT2D eigenvalue weighted by Crippen LogP contribution is -2.15. The monoisotopic (exact) mass is 438 g/mol. The van der Waals surface area contributed by atoms with Crippen LogP contribution >= 0.6 is 0 Å². The smallest absolute Gasteiger partial charge is 0.206 e. The number of hydrogen-bond acceptors (Lipinski definition) is 0. The maximum Gasteiger partial charge on any atom is 0.458 e. The molecule has 0 aromatic heterocycles. The molecule has 0 atom stereocenters. The minimum atomic E-state index is -4.78. The minimum absolute atomic E-state index is 0.0303. The first-order valence-corrected chi connectivity index (χ1v) is 11.5. The van der Waals surface area contributed by atoms with Gasteiger partial charge < -0.3 is 0 Å². The van der Waals surface area contributed by atoms with Crippen LogP contribution in [-0.4, -0.2) is 6.18 Å². The Balaban J connectivity index is 1.53. The summed E-state index contributed by atoms with van der Waals surface area (Å²) in [5.41, 5.74) is -0.296. The molecule has 0 unspecified atom stereocenters. The van der Waals surface area contributed by atoms with E-state index in [4.69, 9.17) is 0 Å². The second kappa shape index (κ2) is 10.7. The van der Waals surface area contributed by atoms with E-state index in [1.54, 1.807) is 5.92 Å². The lowest BCUT2D eigenvalue weighted by Gasteiger charge is -2.29. The Morgan fingerprint density at radius 1 is 0.871 bits per heavy atom.